The van der Waals surface area contributed by atoms with Crippen LogP contribution in [0.2, 0.25) is 0 Å². The summed E-state index contributed by atoms with van der Waals surface area (Å²) < 4.78 is 11.0. The Morgan fingerprint density at radius 2 is 1.86 bits per heavy atom. The van der Waals surface area contributed by atoms with Crippen LogP contribution in [-0.2, 0) is 0 Å². The van der Waals surface area contributed by atoms with E-state index >= 15 is 0 Å². The molecule has 0 saturated carbocycles. The van der Waals surface area contributed by atoms with Gasteiger partial charge >= 0.3 is 0 Å². The van der Waals surface area contributed by atoms with Crippen LogP contribution in [0, 0.1) is 11.5 Å². The van der Waals surface area contributed by atoms with Crippen molar-refractivity contribution < 1.29 is 9.47 Å². The highest BCUT2D eigenvalue weighted by Gasteiger charge is 2.02. The number of guanidine groups is 1. The molecular formula is C21H27N5O2. The zero-order valence-corrected chi connectivity index (χ0v) is 16.2. The van der Waals surface area contributed by atoms with E-state index in [9.17, 15) is 0 Å². The lowest BCUT2D eigenvalue weighted by molar-refractivity contribution is 0.285. The van der Waals surface area contributed by atoms with Crippen molar-refractivity contribution in [2.75, 3.05) is 25.6 Å². The number of anilines is 1. The number of aliphatic imine (C=N–C) groups is 1. The molecule has 1 aromatic carbocycles. The van der Waals surface area contributed by atoms with E-state index in [2.05, 4.69) is 20.6 Å². The third-order valence-corrected chi connectivity index (χ3v) is 4.00. The fraction of sp³-hybridized carbons (Fsp3) is 0.381. The van der Waals surface area contributed by atoms with Gasteiger partial charge in [-0.2, -0.15) is 5.26 Å². The maximum absolute atomic E-state index is 8.84. The van der Waals surface area contributed by atoms with Gasteiger partial charge in [-0.3, -0.25) is 15.3 Å². The van der Waals surface area contributed by atoms with Gasteiger partial charge in [0.2, 0.25) is 5.96 Å². The highest BCUT2D eigenvalue weighted by Crippen LogP contribution is 2.25. The van der Waals surface area contributed by atoms with Gasteiger partial charge in [-0.05, 0) is 37.1 Å². The average molecular weight is 381 g/mol. The molecule has 0 bridgehead atoms. The Morgan fingerprint density at radius 3 is 2.61 bits per heavy atom. The zero-order valence-electron chi connectivity index (χ0n) is 16.2. The van der Waals surface area contributed by atoms with Gasteiger partial charge in [-0.25, -0.2) is 0 Å². The molecule has 148 valence electrons. The average Bonchev–Trinajstić information content (AvgIpc) is 2.73. The number of aromatic nitrogens is 1. The lowest BCUT2D eigenvalue weighted by atomic mass is 10.1. The SMILES string of the molecule is COc1ccccc1OCCCCCCCN=C(NC#N)Nc1cccnc1. The molecule has 28 heavy (non-hydrogen) atoms. The molecule has 0 atom stereocenters. The Morgan fingerprint density at radius 1 is 1.07 bits per heavy atom. The van der Waals surface area contributed by atoms with Crippen LogP contribution in [0.5, 0.6) is 11.5 Å². The molecule has 0 amide bonds. The Labute approximate surface area is 166 Å². The van der Waals surface area contributed by atoms with E-state index in [1.807, 2.05) is 42.6 Å². The minimum absolute atomic E-state index is 0.445. The number of hydrogen-bond acceptors (Lipinski definition) is 5. The van der Waals surface area contributed by atoms with Gasteiger partial charge < -0.3 is 14.8 Å². The molecule has 0 unspecified atom stereocenters. The molecule has 1 heterocycles. The number of benzene rings is 1. The molecular weight excluding hydrogens is 354 g/mol. The molecule has 0 aliphatic heterocycles. The van der Waals surface area contributed by atoms with Crippen molar-refractivity contribution in [1.82, 2.24) is 10.3 Å². The summed E-state index contributed by atoms with van der Waals surface area (Å²) in [6, 6.07) is 11.4. The highest BCUT2D eigenvalue weighted by molar-refractivity contribution is 5.94. The van der Waals surface area contributed by atoms with Crippen molar-refractivity contribution in [3.05, 3.63) is 48.8 Å². The van der Waals surface area contributed by atoms with E-state index in [4.69, 9.17) is 14.7 Å². The lowest BCUT2D eigenvalue weighted by Gasteiger charge is -2.10. The first kappa shape index (κ1) is 21.0. The van der Waals surface area contributed by atoms with E-state index in [1.54, 1.807) is 19.5 Å². The first-order valence-electron chi connectivity index (χ1n) is 9.46. The molecule has 0 radical (unpaired) electrons. The first-order valence-corrected chi connectivity index (χ1v) is 9.46. The van der Waals surface area contributed by atoms with E-state index < -0.39 is 0 Å². The number of hydrogen-bond donors (Lipinski definition) is 2. The number of nitrogens with zero attached hydrogens (tertiary/aromatic N) is 3. The molecule has 7 heteroatoms. The number of rotatable bonds is 11. The van der Waals surface area contributed by atoms with Crippen molar-refractivity contribution in [1.29, 1.82) is 5.26 Å². The molecule has 0 aliphatic carbocycles. The first-order chi connectivity index (χ1) is 13.8. The summed E-state index contributed by atoms with van der Waals surface area (Å²) in [5, 5.41) is 14.5. The van der Waals surface area contributed by atoms with Gasteiger partial charge in [0.25, 0.3) is 0 Å². The number of nitriles is 1. The summed E-state index contributed by atoms with van der Waals surface area (Å²) in [4.78, 5) is 8.43. The molecule has 7 nitrogen and oxygen atoms in total. The van der Waals surface area contributed by atoms with Crippen molar-refractivity contribution in [3.8, 4) is 17.7 Å². The van der Waals surface area contributed by atoms with Gasteiger partial charge in [0, 0.05) is 12.7 Å². The van der Waals surface area contributed by atoms with Gasteiger partial charge in [0.15, 0.2) is 17.7 Å². The number of methoxy groups -OCH3 is 1. The van der Waals surface area contributed by atoms with Crippen LogP contribution < -0.4 is 20.1 Å². The van der Waals surface area contributed by atoms with Crippen molar-refractivity contribution >= 4 is 11.6 Å². The quantitative estimate of drug-likeness (QED) is 0.201. The van der Waals surface area contributed by atoms with E-state index in [-0.39, 0.29) is 0 Å². The van der Waals surface area contributed by atoms with E-state index in [0.717, 1.165) is 49.3 Å². The smallest absolute Gasteiger partial charge is 0.209 e. The van der Waals surface area contributed by atoms with E-state index in [1.165, 1.54) is 0 Å². The van der Waals surface area contributed by atoms with Gasteiger partial charge in [0.05, 0.1) is 25.6 Å². The van der Waals surface area contributed by atoms with Crippen LogP contribution >= 0.6 is 0 Å². The van der Waals surface area contributed by atoms with E-state index in [0.29, 0.717) is 19.1 Å². The van der Waals surface area contributed by atoms with Crippen LogP contribution in [0.4, 0.5) is 5.69 Å². The largest absolute Gasteiger partial charge is 0.493 e. The third kappa shape index (κ3) is 7.96. The topological polar surface area (TPSA) is 91.6 Å². The number of pyridine rings is 1. The summed E-state index contributed by atoms with van der Waals surface area (Å²) in [5.41, 5.74) is 0.791. The molecule has 2 aromatic rings. The summed E-state index contributed by atoms with van der Waals surface area (Å²) in [6.45, 7) is 1.35. The Balaban J connectivity index is 1.57. The van der Waals surface area contributed by atoms with Crippen molar-refractivity contribution in [3.63, 3.8) is 0 Å². The Kier molecular flexibility index (Phi) is 9.75. The van der Waals surface area contributed by atoms with Crippen LogP contribution in [0.1, 0.15) is 32.1 Å². The van der Waals surface area contributed by atoms with Crippen molar-refractivity contribution in [2.45, 2.75) is 32.1 Å². The zero-order chi connectivity index (χ0) is 19.9. The normalized spacial score (nSPS) is 10.8. The molecule has 2 rings (SSSR count). The Bertz CT molecular complexity index is 759. The predicted octanol–water partition coefficient (Wildman–Crippen LogP) is 3.96. The number of nitrogens with one attached hydrogen (secondary N) is 2. The summed E-state index contributed by atoms with van der Waals surface area (Å²) in [5.74, 6) is 2.00. The van der Waals surface area contributed by atoms with Gasteiger partial charge in [-0.15, -0.1) is 0 Å². The minimum atomic E-state index is 0.445. The molecule has 2 N–H and O–H groups in total. The highest BCUT2D eigenvalue weighted by atomic mass is 16.5. The van der Waals surface area contributed by atoms with Crippen LogP contribution in [0.3, 0.4) is 0 Å². The second kappa shape index (κ2) is 13.0. The third-order valence-electron chi connectivity index (χ3n) is 4.00. The van der Waals surface area contributed by atoms with Crippen molar-refractivity contribution in [2.24, 2.45) is 4.99 Å². The van der Waals surface area contributed by atoms with Gasteiger partial charge in [-0.1, -0.05) is 31.4 Å². The molecule has 0 fully saturated rings. The number of ether oxygens (including phenoxy) is 2. The van der Waals surface area contributed by atoms with Crippen LogP contribution in [-0.4, -0.2) is 31.2 Å². The number of para-hydroxylation sites is 2. The Hall–Kier alpha value is -3.27. The maximum Gasteiger partial charge on any atom is 0.209 e. The lowest BCUT2D eigenvalue weighted by Crippen LogP contribution is -2.27. The molecule has 0 spiro atoms. The second-order valence-corrected chi connectivity index (χ2v) is 6.10. The fourth-order valence-corrected chi connectivity index (χ4v) is 2.59. The monoisotopic (exact) mass is 381 g/mol. The van der Waals surface area contributed by atoms with Gasteiger partial charge in [0.1, 0.15) is 0 Å². The fourth-order valence-electron chi connectivity index (χ4n) is 2.59. The molecule has 0 aliphatic rings. The minimum Gasteiger partial charge on any atom is -0.493 e. The maximum atomic E-state index is 8.84. The summed E-state index contributed by atoms with van der Waals surface area (Å²) in [6.07, 6.45) is 10.6. The number of unbranched alkanes of at least 4 members (excludes halogenated alkanes) is 4. The van der Waals surface area contributed by atoms with Crippen LogP contribution in [0.25, 0.3) is 0 Å². The molecule has 0 saturated heterocycles. The second-order valence-electron chi connectivity index (χ2n) is 6.10. The van der Waals surface area contributed by atoms with Crippen LogP contribution in [0.15, 0.2) is 53.8 Å². The standard InChI is InChI=1S/C21H27N5O2/c1-27-19-11-5-6-12-20(19)28-15-8-4-2-3-7-14-24-21(25-17-22)26-18-10-9-13-23-16-18/h5-6,9-13,16H,2-4,7-8,14-15H2,1H3,(H2,24,25,26). The summed E-state index contributed by atoms with van der Waals surface area (Å²) in [7, 11) is 1.65. The predicted molar refractivity (Wildman–Crippen MR) is 110 cm³/mol. The molecule has 1 aromatic heterocycles. The summed E-state index contributed by atoms with van der Waals surface area (Å²) >= 11 is 0.